The molecule has 3 atom stereocenters. The second-order valence-corrected chi connectivity index (χ2v) is 5.64. The fourth-order valence-corrected chi connectivity index (χ4v) is 2.90. The highest BCUT2D eigenvalue weighted by molar-refractivity contribution is 5.74. The van der Waals surface area contributed by atoms with Crippen LogP contribution in [-0.4, -0.2) is 54.2 Å². The first-order chi connectivity index (χ1) is 8.06. The number of piperidine rings is 1. The van der Waals surface area contributed by atoms with Crippen molar-refractivity contribution in [3.05, 3.63) is 0 Å². The van der Waals surface area contributed by atoms with Crippen molar-refractivity contribution in [1.82, 2.24) is 9.80 Å². The van der Waals surface area contributed by atoms with Gasteiger partial charge >= 0.3 is 6.03 Å². The number of carbonyl (C=O) groups is 1. The van der Waals surface area contributed by atoms with Gasteiger partial charge < -0.3 is 14.5 Å². The van der Waals surface area contributed by atoms with Crippen molar-refractivity contribution >= 4 is 6.03 Å². The number of ether oxygens (including phenoxy) is 1. The molecule has 0 N–H and O–H groups in total. The Morgan fingerprint density at radius 2 is 1.71 bits per heavy atom. The third-order valence-corrected chi connectivity index (χ3v) is 3.62. The molecule has 98 valence electrons. The lowest BCUT2D eigenvalue weighted by Gasteiger charge is -2.40. The average Bonchev–Trinajstić information content (AvgIpc) is 2.26. The summed E-state index contributed by atoms with van der Waals surface area (Å²) in [5, 5.41) is 0. The molecule has 2 rings (SSSR count). The fourth-order valence-electron chi connectivity index (χ4n) is 2.90. The van der Waals surface area contributed by atoms with Crippen LogP contribution in [0.25, 0.3) is 0 Å². The van der Waals surface area contributed by atoms with E-state index in [1.165, 1.54) is 6.42 Å². The molecule has 2 aliphatic rings. The molecule has 0 bridgehead atoms. The van der Waals surface area contributed by atoms with E-state index in [1.54, 1.807) is 0 Å². The summed E-state index contributed by atoms with van der Waals surface area (Å²) in [6.07, 6.45) is 2.71. The van der Waals surface area contributed by atoms with Crippen LogP contribution < -0.4 is 0 Å². The Morgan fingerprint density at radius 1 is 1.06 bits per heavy atom. The first kappa shape index (κ1) is 12.7. The number of rotatable bonds is 0. The second kappa shape index (κ2) is 5.25. The Bertz CT molecular complexity index is 273. The fraction of sp³-hybridized carbons (Fsp3) is 0.923. The number of hydrogen-bond acceptors (Lipinski definition) is 2. The molecule has 2 heterocycles. The van der Waals surface area contributed by atoms with Gasteiger partial charge in [0.2, 0.25) is 0 Å². The van der Waals surface area contributed by atoms with Crippen LogP contribution >= 0.6 is 0 Å². The quantitative estimate of drug-likeness (QED) is 0.648. The summed E-state index contributed by atoms with van der Waals surface area (Å²) in [5.74, 6) is 0.642. The zero-order valence-corrected chi connectivity index (χ0v) is 11.2. The maximum Gasteiger partial charge on any atom is 0.320 e. The molecule has 2 saturated heterocycles. The van der Waals surface area contributed by atoms with Crippen LogP contribution in [-0.2, 0) is 4.74 Å². The lowest BCUT2D eigenvalue weighted by Crippen LogP contribution is -2.54. The van der Waals surface area contributed by atoms with Gasteiger partial charge in [0.1, 0.15) is 0 Å². The van der Waals surface area contributed by atoms with E-state index in [0.717, 1.165) is 32.6 Å². The van der Waals surface area contributed by atoms with Crippen molar-refractivity contribution in [2.24, 2.45) is 5.92 Å². The summed E-state index contributed by atoms with van der Waals surface area (Å²) in [7, 11) is 0. The molecular formula is C13H24N2O2. The summed E-state index contributed by atoms with van der Waals surface area (Å²) in [5.41, 5.74) is 0. The van der Waals surface area contributed by atoms with Crippen LogP contribution in [0.5, 0.6) is 0 Å². The van der Waals surface area contributed by atoms with Crippen molar-refractivity contribution in [1.29, 1.82) is 0 Å². The summed E-state index contributed by atoms with van der Waals surface area (Å²) in [6.45, 7) is 9.60. The van der Waals surface area contributed by atoms with E-state index in [2.05, 4.69) is 6.92 Å². The first-order valence-electron chi connectivity index (χ1n) is 6.75. The molecule has 4 heteroatoms. The molecule has 0 aromatic heterocycles. The lowest BCUT2D eigenvalue weighted by molar-refractivity contribution is -0.0590. The van der Waals surface area contributed by atoms with Crippen LogP contribution in [0.2, 0.25) is 0 Å². The molecule has 0 aromatic carbocycles. The average molecular weight is 240 g/mol. The minimum absolute atomic E-state index is 0.157. The van der Waals surface area contributed by atoms with Gasteiger partial charge in [-0.2, -0.15) is 0 Å². The van der Waals surface area contributed by atoms with E-state index in [1.807, 2.05) is 23.6 Å². The number of hydrogen-bond donors (Lipinski definition) is 0. The van der Waals surface area contributed by atoms with Crippen LogP contribution in [0, 0.1) is 5.92 Å². The number of likely N-dealkylation sites (tertiary alicyclic amines) is 1. The summed E-state index contributed by atoms with van der Waals surface area (Å²) in [6, 6.07) is 0.207. The standard InChI is InChI=1S/C13H24N2O2/c1-10-5-4-6-14(7-10)13(16)15-8-11(2)17-12(3)9-15/h10-12H,4-9H2,1-3H3. The molecule has 0 aromatic rings. The van der Waals surface area contributed by atoms with E-state index < -0.39 is 0 Å². The van der Waals surface area contributed by atoms with Crippen molar-refractivity contribution < 1.29 is 9.53 Å². The van der Waals surface area contributed by atoms with Crippen molar-refractivity contribution in [2.75, 3.05) is 26.2 Å². The minimum atomic E-state index is 0.157. The van der Waals surface area contributed by atoms with Gasteiger partial charge in [0.15, 0.2) is 0 Å². The van der Waals surface area contributed by atoms with E-state index in [4.69, 9.17) is 4.74 Å². The Balaban J connectivity index is 1.94. The van der Waals surface area contributed by atoms with Gasteiger partial charge in [-0.1, -0.05) is 6.92 Å². The van der Waals surface area contributed by atoms with Gasteiger partial charge in [0, 0.05) is 26.2 Å². The highest BCUT2D eigenvalue weighted by atomic mass is 16.5. The molecule has 4 nitrogen and oxygen atoms in total. The highest BCUT2D eigenvalue weighted by Gasteiger charge is 2.30. The summed E-state index contributed by atoms with van der Waals surface area (Å²) >= 11 is 0. The molecule has 2 amide bonds. The SMILES string of the molecule is CC1CCCN(C(=O)N2CC(C)OC(C)C2)C1. The molecule has 0 saturated carbocycles. The number of carbonyl (C=O) groups excluding carboxylic acids is 1. The Kier molecular flexibility index (Phi) is 3.92. The number of morpholine rings is 1. The molecule has 0 radical (unpaired) electrons. The van der Waals surface area contributed by atoms with Gasteiger partial charge in [-0.05, 0) is 32.6 Å². The first-order valence-corrected chi connectivity index (χ1v) is 6.75. The predicted molar refractivity (Wildman–Crippen MR) is 66.9 cm³/mol. The molecular weight excluding hydrogens is 216 g/mol. The third-order valence-electron chi connectivity index (χ3n) is 3.62. The Hall–Kier alpha value is -0.770. The molecule has 0 aliphatic carbocycles. The van der Waals surface area contributed by atoms with Crippen LogP contribution in [0.3, 0.4) is 0 Å². The molecule has 17 heavy (non-hydrogen) atoms. The molecule has 0 spiro atoms. The van der Waals surface area contributed by atoms with Gasteiger partial charge in [-0.3, -0.25) is 0 Å². The van der Waals surface area contributed by atoms with Gasteiger partial charge in [0.05, 0.1) is 12.2 Å². The van der Waals surface area contributed by atoms with E-state index in [9.17, 15) is 4.79 Å². The highest BCUT2D eigenvalue weighted by Crippen LogP contribution is 2.19. The zero-order chi connectivity index (χ0) is 12.4. The Labute approximate surface area is 104 Å². The monoisotopic (exact) mass is 240 g/mol. The largest absolute Gasteiger partial charge is 0.372 e. The van der Waals surface area contributed by atoms with Gasteiger partial charge in [0.25, 0.3) is 0 Å². The van der Waals surface area contributed by atoms with E-state index >= 15 is 0 Å². The summed E-state index contributed by atoms with van der Waals surface area (Å²) in [4.78, 5) is 16.4. The van der Waals surface area contributed by atoms with Gasteiger partial charge in [-0.15, -0.1) is 0 Å². The third kappa shape index (κ3) is 3.12. The summed E-state index contributed by atoms with van der Waals surface area (Å²) < 4.78 is 5.66. The van der Waals surface area contributed by atoms with Crippen LogP contribution in [0.15, 0.2) is 0 Å². The predicted octanol–water partition coefficient (Wildman–Crippen LogP) is 1.95. The second-order valence-electron chi connectivity index (χ2n) is 5.64. The van der Waals surface area contributed by atoms with Crippen molar-refractivity contribution in [2.45, 2.75) is 45.8 Å². The van der Waals surface area contributed by atoms with Crippen LogP contribution in [0.1, 0.15) is 33.6 Å². The molecule has 2 fully saturated rings. The van der Waals surface area contributed by atoms with Gasteiger partial charge in [-0.25, -0.2) is 4.79 Å². The smallest absolute Gasteiger partial charge is 0.320 e. The maximum absolute atomic E-state index is 12.4. The minimum Gasteiger partial charge on any atom is -0.372 e. The van der Waals surface area contributed by atoms with E-state index in [-0.39, 0.29) is 18.2 Å². The zero-order valence-electron chi connectivity index (χ0n) is 11.2. The topological polar surface area (TPSA) is 32.8 Å². The number of urea groups is 1. The lowest BCUT2D eigenvalue weighted by atomic mass is 10.0. The normalized spacial score (nSPS) is 34.9. The number of amides is 2. The molecule has 2 aliphatic heterocycles. The van der Waals surface area contributed by atoms with Crippen LogP contribution in [0.4, 0.5) is 4.79 Å². The molecule has 3 unspecified atom stereocenters. The van der Waals surface area contributed by atoms with Crippen molar-refractivity contribution in [3.8, 4) is 0 Å². The van der Waals surface area contributed by atoms with E-state index in [0.29, 0.717) is 5.92 Å². The number of nitrogens with zero attached hydrogens (tertiary/aromatic N) is 2. The maximum atomic E-state index is 12.4. The Morgan fingerprint density at radius 3 is 2.29 bits per heavy atom. The van der Waals surface area contributed by atoms with Crippen molar-refractivity contribution in [3.63, 3.8) is 0 Å².